The molecule has 0 saturated carbocycles. The van der Waals surface area contributed by atoms with E-state index in [0.717, 1.165) is 4.68 Å². The number of fused-ring (bicyclic) bond motifs is 1. The molecule has 0 saturated heterocycles. The van der Waals surface area contributed by atoms with Gasteiger partial charge in [-0.2, -0.15) is 9.94 Å². The number of anilines is 1. The summed E-state index contributed by atoms with van der Waals surface area (Å²) < 4.78 is 0.937. The van der Waals surface area contributed by atoms with Crippen molar-refractivity contribution in [3.8, 4) is 11.8 Å². The van der Waals surface area contributed by atoms with E-state index in [2.05, 4.69) is 10.4 Å². The lowest BCUT2D eigenvalue weighted by Crippen LogP contribution is -2.25. The maximum absolute atomic E-state index is 12.3. The number of carbonyl (C=O) groups is 1. The summed E-state index contributed by atoms with van der Waals surface area (Å²) in [6.07, 6.45) is -0.0679. The zero-order valence-corrected chi connectivity index (χ0v) is 10.9. The number of aromatic nitrogens is 2. The number of rotatable bonds is 2. The minimum absolute atomic E-state index is 0.0679. The highest BCUT2D eigenvalue weighted by molar-refractivity contribution is 5.98. The summed E-state index contributed by atoms with van der Waals surface area (Å²) in [5.74, 6) is -0.195. The van der Waals surface area contributed by atoms with E-state index in [0.29, 0.717) is 0 Å². The fraction of sp³-hybridized carbons (Fsp3) is 0.0769. The van der Waals surface area contributed by atoms with Gasteiger partial charge in [0.15, 0.2) is 5.82 Å². The van der Waals surface area contributed by atoms with Crippen LogP contribution in [0, 0.1) is 21.4 Å². The van der Waals surface area contributed by atoms with Gasteiger partial charge in [0.1, 0.15) is 11.6 Å². The van der Waals surface area contributed by atoms with Gasteiger partial charge in [-0.05, 0) is 12.1 Å². The van der Waals surface area contributed by atoms with E-state index in [1.165, 1.54) is 24.3 Å². The average molecular weight is 297 g/mol. The molecule has 9 heteroatoms. The van der Waals surface area contributed by atoms with Gasteiger partial charge in [0.05, 0.1) is 17.0 Å². The van der Waals surface area contributed by atoms with Crippen molar-refractivity contribution in [3.05, 3.63) is 55.9 Å². The summed E-state index contributed by atoms with van der Waals surface area (Å²) in [5.41, 5.74) is -0.438. The third kappa shape index (κ3) is 1.99. The highest BCUT2D eigenvalue weighted by atomic mass is 16.6. The standard InChI is InChI=1S/C13H7N5O4/c14-6-10-9-5-11(19)15-12(9)16-17(13(10)20)7-1-3-8(4-2-7)18(21)22/h1-4H,5H2,(H,15,16,19). The van der Waals surface area contributed by atoms with Gasteiger partial charge in [0.2, 0.25) is 5.91 Å². The van der Waals surface area contributed by atoms with E-state index in [-0.39, 0.29) is 40.6 Å². The smallest absolute Gasteiger partial charge is 0.289 e. The summed E-state index contributed by atoms with van der Waals surface area (Å²) in [6.45, 7) is 0. The van der Waals surface area contributed by atoms with Crippen molar-refractivity contribution in [2.45, 2.75) is 6.42 Å². The molecule has 22 heavy (non-hydrogen) atoms. The molecule has 1 amide bonds. The van der Waals surface area contributed by atoms with Crippen LogP contribution in [-0.4, -0.2) is 20.6 Å². The Morgan fingerprint density at radius 2 is 2.00 bits per heavy atom. The van der Waals surface area contributed by atoms with Crippen molar-refractivity contribution < 1.29 is 9.72 Å². The Hall–Kier alpha value is -3.54. The molecule has 0 unspecified atom stereocenters. The molecular formula is C13H7N5O4. The van der Waals surface area contributed by atoms with Gasteiger partial charge >= 0.3 is 0 Å². The van der Waals surface area contributed by atoms with Crippen LogP contribution in [0.5, 0.6) is 0 Å². The highest BCUT2D eigenvalue weighted by Crippen LogP contribution is 2.22. The Labute approximate surface area is 122 Å². The van der Waals surface area contributed by atoms with E-state index in [1.54, 1.807) is 6.07 Å². The van der Waals surface area contributed by atoms with Crippen LogP contribution < -0.4 is 10.9 Å². The van der Waals surface area contributed by atoms with Crippen LogP contribution in [0.4, 0.5) is 11.5 Å². The normalized spacial score (nSPS) is 12.4. The summed E-state index contributed by atoms with van der Waals surface area (Å²) in [6, 6.07) is 6.92. The third-order valence-corrected chi connectivity index (χ3v) is 3.21. The maximum atomic E-state index is 12.3. The average Bonchev–Trinajstić information content (AvgIpc) is 2.87. The fourth-order valence-electron chi connectivity index (χ4n) is 2.17. The lowest BCUT2D eigenvalue weighted by atomic mass is 10.1. The molecule has 1 N–H and O–H groups in total. The van der Waals surface area contributed by atoms with Crippen molar-refractivity contribution in [1.82, 2.24) is 9.78 Å². The molecule has 0 bridgehead atoms. The lowest BCUT2D eigenvalue weighted by molar-refractivity contribution is -0.384. The molecule has 2 heterocycles. The van der Waals surface area contributed by atoms with Crippen molar-refractivity contribution in [3.63, 3.8) is 0 Å². The molecule has 1 aliphatic rings. The Morgan fingerprint density at radius 3 is 2.59 bits per heavy atom. The number of hydrogen-bond acceptors (Lipinski definition) is 6. The van der Waals surface area contributed by atoms with Crippen molar-refractivity contribution >= 4 is 17.4 Å². The number of nitriles is 1. The number of nitrogens with one attached hydrogen (secondary N) is 1. The van der Waals surface area contributed by atoms with E-state index in [4.69, 9.17) is 5.26 Å². The van der Waals surface area contributed by atoms with Crippen LogP contribution in [0.15, 0.2) is 29.1 Å². The predicted octanol–water partition coefficient (Wildman–Crippen LogP) is 0.507. The lowest BCUT2D eigenvalue weighted by Gasteiger charge is -2.07. The highest BCUT2D eigenvalue weighted by Gasteiger charge is 2.26. The zero-order chi connectivity index (χ0) is 15.9. The number of amides is 1. The molecule has 0 fully saturated rings. The molecule has 108 valence electrons. The molecule has 1 aromatic carbocycles. The van der Waals surface area contributed by atoms with Gasteiger partial charge in [0.25, 0.3) is 11.2 Å². The number of hydrogen-bond donors (Lipinski definition) is 1. The first-order valence-electron chi connectivity index (χ1n) is 6.12. The van der Waals surface area contributed by atoms with Crippen molar-refractivity contribution in [1.29, 1.82) is 5.26 Å². The van der Waals surface area contributed by atoms with Crippen LogP contribution in [-0.2, 0) is 11.2 Å². The van der Waals surface area contributed by atoms with Gasteiger partial charge in [-0.15, -0.1) is 5.10 Å². The van der Waals surface area contributed by atoms with Crippen LogP contribution in [0.3, 0.4) is 0 Å². The van der Waals surface area contributed by atoms with Gasteiger partial charge < -0.3 is 5.32 Å². The van der Waals surface area contributed by atoms with Crippen LogP contribution in [0.2, 0.25) is 0 Å². The molecule has 1 aliphatic heterocycles. The first kappa shape index (κ1) is 13.4. The van der Waals surface area contributed by atoms with Crippen molar-refractivity contribution in [2.75, 3.05) is 5.32 Å². The quantitative estimate of drug-likeness (QED) is 0.634. The third-order valence-electron chi connectivity index (χ3n) is 3.21. The number of non-ortho nitro benzene ring substituents is 1. The molecular weight excluding hydrogens is 290 g/mol. The molecule has 1 aromatic heterocycles. The second-order valence-electron chi connectivity index (χ2n) is 4.53. The molecule has 3 rings (SSSR count). The summed E-state index contributed by atoms with van der Waals surface area (Å²) in [4.78, 5) is 33.8. The Balaban J connectivity index is 2.19. The molecule has 2 aromatic rings. The molecule has 9 nitrogen and oxygen atoms in total. The van der Waals surface area contributed by atoms with E-state index >= 15 is 0 Å². The summed E-state index contributed by atoms with van der Waals surface area (Å²) in [7, 11) is 0. The number of nitro benzene ring substituents is 1. The van der Waals surface area contributed by atoms with Crippen LogP contribution in [0.25, 0.3) is 5.69 Å². The van der Waals surface area contributed by atoms with Crippen molar-refractivity contribution in [2.24, 2.45) is 0 Å². The Kier molecular flexibility index (Phi) is 2.92. The number of nitro groups is 1. The molecule has 0 radical (unpaired) electrons. The minimum atomic E-state index is -0.674. The second-order valence-corrected chi connectivity index (χ2v) is 4.53. The largest absolute Gasteiger partial charge is 0.309 e. The fourth-order valence-corrected chi connectivity index (χ4v) is 2.17. The first-order chi connectivity index (χ1) is 10.5. The minimum Gasteiger partial charge on any atom is -0.309 e. The topological polar surface area (TPSA) is 131 Å². The SMILES string of the molecule is N#Cc1c2c(nn(-c3ccc([N+](=O)[O-])cc3)c1=O)NC(=O)C2. The molecule has 0 spiro atoms. The van der Waals surface area contributed by atoms with Gasteiger partial charge in [-0.25, -0.2) is 0 Å². The maximum Gasteiger partial charge on any atom is 0.289 e. The van der Waals surface area contributed by atoms with E-state index in [9.17, 15) is 19.7 Å². The van der Waals surface area contributed by atoms with Gasteiger partial charge in [-0.1, -0.05) is 0 Å². The Morgan fingerprint density at radius 1 is 1.32 bits per heavy atom. The number of carbonyl (C=O) groups excluding carboxylic acids is 1. The first-order valence-corrected chi connectivity index (χ1v) is 6.12. The number of benzene rings is 1. The van der Waals surface area contributed by atoms with Crippen LogP contribution in [0.1, 0.15) is 11.1 Å². The van der Waals surface area contributed by atoms with E-state index < -0.39 is 10.5 Å². The molecule has 0 atom stereocenters. The second kappa shape index (κ2) is 4.78. The van der Waals surface area contributed by atoms with E-state index in [1.807, 2.05) is 0 Å². The molecule has 0 aliphatic carbocycles. The Bertz CT molecular complexity index is 908. The van der Waals surface area contributed by atoms with Gasteiger partial charge in [0, 0.05) is 17.7 Å². The monoisotopic (exact) mass is 297 g/mol. The summed E-state index contributed by atoms with van der Waals surface area (Å²) >= 11 is 0. The predicted molar refractivity (Wildman–Crippen MR) is 73.5 cm³/mol. The number of nitrogens with zero attached hydrogens (tertiary/aromatic N) is 4. The van der Waals surface area contributed by atoms with Gasteiger partial charge in [-0.3, -0.25) is 19.7 Å². The van der Waals surface area contributed by atoms with Crippen LogP contribution >= 0.6 is 0 Å². The zero-order valence-electron chi connectivity index (χ0n) is 10.9. The summed E-state index contributed by atoms with van der Waals surface area (Å²) in [5, 5.41) is 26.3.